The van der Waals surface area contributed by atoms with E-state index in [2.05, 4.69) is 10.2 Å². The molecule has 1 aromatic carbocycles. The van der Waals surface area contributed by atoms with Gasteiger partial charge in [0.25, 0.3) is 0 Å². The fraction of sp³-hybridized carbons (Fsp3) is 0.556. The molecule has 2 aromatic rings. The summed E-state index contributed by atoms with van der Waals surface area (Å²) in [5, 5.41) is 8.56. The summed E-state index contributed by atoms with van der Waals surface area (Å²) in [4.78, 5) is 0.265. The third kappa shape index (κ3) is 3.83. The van der Waals surface area contributed by atoms with Crippen molar-refractivity contribution < 1.29 is 16.8 Å². The second kappa shape index (κ2) is 7.78. The summed E-state index contributed by atoms with van der Waals surface area (Å²) < 4.78 is 55.2. The summed E-state index contributed by atoms with van der Waals surface area (Å²) in [6, 6.07) is 8.37. The predicted molar refractivity (Wildman–Crippen MR) is 107 cm³/mol. The molecule has 0 N–H and O–H groups in total. The molecule has 2 aliphatic rings. The van der Waals surface area contributed by atoms with Crippen LogP contribution in [-0.2, 0) is 33.1 Å². The number of nitrogens with zero attached hydrogens (tertiary/aromatic N) is 5. The second-order valence-corrected chi connectivity index (χ2v) is 11.6. The number of piperidine rings is 1. The zero-order valence-electron chi connectivity index (χ0n) is 16.3. The van der Waals surface area contributed by atoms with Crippen molar-refractivity contribution in [2.45, 2.75) is 43.7 Å². The maximum Gasteiger partial charge on any atom is 0.243 e. The maximum absolute atomic E-state index is 12.9. The van der Waals surface area contributed by atoms with E-state index in [-0.39, 0.29) is 23.1 Å². The molecule has 0 spiro atoms. The number of fused-ring (bicyclic) bond motifs is 1. The van der Waals surface area contributed by atoms with Crippen molar-refractivity contribution in [1.82, 2.24) is 23.4 Å². The van der Waals surface area contributed by atoms with Crippen LogP contribution in [0.4, 0.5) is 0 Å². The van der Waals surface area contributed by atoms with Crippen LogP contribution < -0.4 is 0 Å². The van der Waals surface area contributed by atoms with E-state index in [1.807, 2.05) is 4.57 Å². The van der Waals surface area contributed by atoms with Crippen LogP contribution in [0.2, 0.25) is 0 Å². The summed E-state index contributed by atoms with van der Waals surface area (Å²) in [6.45, 7) is 3.55. The molecule has 0 saturated carbocycles. The van der Waals surface area contributed by atoms with Crippen molar-refractivity contribution in [1.29, 1.82) is 0 Å². The van der Waals surface area contributed by atoms with Crippen LogP contribution in [0, 0.1) is 0 Å². The third-order valence-electron chi connectivity index (χ3n) is 5.64. The molecule has 2 aliphatic heterocycles. The Bertz CT molecular complexity index is 1080. The van der Waals surface area contributed by atoms with Gasteiger partial charge in [0.1, 0.15) is 11.6 Å². The largest absolute Gasteiger partial charge is 0.312 e. The number of hydrogen-bond acceptors (Lipinski definition) is 6. The summed E-state index contributed by atoms with van der Waals surface area (Å²) >= 11 is 0. The van der Waals surface area contributed by atoms with Gasteiger partial charge in [0.05, 0.1) is 17.2 Å². The average molecular weight is 440 g/mol. The summed E-state index contributed by atoms with van der Waals surface area (Å²) in [7, 11) is -6.82. The Morgan fingerprint density at radius 1 is 1.00 bits per heavy atom. The van der Waals surface area contributed by atoms with Crippen molar-refractivity contribution >= 4 is 20.0 Å². The normalized spacial score (nSPS) is 21.8. The number of rotatable bonds is 5. The van der Waals surface area contributed by atoms with Crippen molar-refractivity contribution in [2.24, 2.45) is 0 Å². The van der Waals surface area contributed by atoms with E-state index in [1.165, 1.54) is 8.61 Å². The van der Waals surface area contributed by atoms with E-state index in [9.17, 15) is 16.8 Å². The summed E-state index contributed by atoms with van der Waals surface area (Å²) in [5.41, 5.74) is 0. The third-order valence-corrected chi connectivity index (χ3v) is 9.34. The molecule has 11 heteroatoms. The van der Waals surface area contributed by atoms with Gasteiger partial charge in [0.2, 0.25) is 20.0 Å². The van der Waals surface area contributed by atoms with Crippen molar-refractivity contribution in [3.8, 4) is 0 Å². The van der Waals surface area contributed by atoms with E-state index in [0.29, 0.717) is 32.0 Å². The first-order chi connectivity index (χ1) is 13.8. The molecular weight excluding hydrogens is 414 g/mol. The van der Waals surface area contributed by atoms with Gasteiger partial charge in [0, 0.05) is 32.1 Å². The van der Waals surface area contributed by atoms with E-state index >= 15 is 0 Å². The van der Waals surface area contributed by atoms with Crippen LogP contribution in [-0.4, -0.2) is 65.6 Å². The minimum atomic E-state index is -3.59. The second-order valence-electron chi connectivity index (χ2n) is 7.38. The fourth-order valence-corrected chi connectivity index (χ4v) is 6.58. The smallest absolute Gasteiger partial charge is 0.243 e. The topological polar surface area (TPSA) is 105 Å². The molecule has 0 radical (unpaired) electrons. The van der Waals surface area contributed by atoms with Gasteiger partial charge in [-0.05, 0) is 31.9 Å². The Morgan fingerprint density at radius 3 is 2.48 bits per heavy atom. The predicted octanol–water partition coefficient (Wildman–Crippen LogP) is 1.01. The van der Waals surface area contributed by atoms with Gasteiger partial charge in [0.15, 0.2) is 0 Å². The first-order valence-electron chi connectivity index (χ1n) is 9.78. The molecule has 4 rings (SSSR count). The molecule has 3 heterocycles. The molecule has 158 valence electrons. The number of aromatic nitrogens is 3. The molecule has 1 aromatic heterocycles. The van der Waals surface area contributed by atoms with Gasteiger partial charge in [-0.25, -0.2) is 21.1 Å². The lowest BCUT2D eigenvalue weighted by molar-refractivity contribution is 0.292. The highest BCUT2D eigenvalue weighted by molar-refractivity contribution is 7.89. The molecule has 29 heavy (non-hydrogen) atoms. The molecular formula is C18H25N5O4S2. The maximum atomic E-state index is 12.9. The summed E-state index contributed by atoms with van der Waals surface area (Å²) in [5.74, 6) is 1.42. The Labute approximate surface area is 171 Å². The number of benzene rings is 1. The van der Waals surface area contributed by atoms with Gasteiger partial charge >= 0.3 is 0 Å². The van der Waals surface area contributed by atoms with Gasteiger partial charge in [-0.1, -0.05) is 18.2 Å². The molecule has 0 aliphatic carbocycles. The molecule has 0 bridgehead atoms. The van der Waals surface area contributed by atoms with Gasteiger partial charge in [-0.3, -0.25) is 0 Å². The van der Waals surface area contributed by atoms with Crippen LogP contribution in [0.15, 0.2) is 35.2 Å². The number of sulfonamides is 2. The highest BCUT2D eigenvalue weighted by atomic mass is 32.2. The van der Waals surface area contributed by atoms with Gasteiger partial charge in [-0.2, -0.15) is 4.31 Å². The van der Waals surface area contributed by atoms with Crippen LogP contribution in [0.1, 0.15) is 37.3 Å². The Hall–Kier alpha value is -1.82. The van der Waals surface area contributed by atoms with Gasteiger partial charge in [-0.15, -0.1) is 10.2 Å². The first kappa shape index (κ1) is 20.5. The lowest BCUT2D eigenvalue weighted by atomic mass is 9.98. The zero-order valence-corrected chi connectivity index (χ0v) is 17.9. The lowest BCUT2D eigenvalue weighted by Gasteiger charge is -2.32. The molecule has 0 amide bonds. The SMILES string of the molecule is CCS(=O)(=O)N1CCCC(c2nnc3n2CCN(S(=O)(=O)c2ccccc2)C3)C1. The summed E-state index contributed by atoms with van der Waals surface area (Å²) in [6.07, 6.45) is 1.63. The Balaban J connectivity index is 1.55. The van der Waals surface area contributed by atoms with Crippen molar-refractivity contribution in [3.63, 3.8) is 0 Å². The van der Waals surface area contributed by atoms with E-state index in [4.69, 9.17) is 0 Å². The Kier molecular flexibility index (Phi) is 5.49. The minimum absolute atomic E-state index is 0.0244. The molecule has 1 unspecified atom stereocenters. The minimum Gasteiger partial charge on any atom is -0.312 e. The Morgan fingerprint density at radius 2 is 1.76 bits per heavy atom. The zero-order chi connectivity index (χ0) is 20.6. The van der Waals surface area contributed by atoms with Crippen LogP contribution in [0.3, 0.4) is 0 Å². The van der Waals surface area contributed by atoms with E-state index in [1.54, 1.807) is 37.3 Å². The van der Waals surface area contributed by atoms with Crippen molar-refractivity contribution in [3.05, 3.63) is 42.0 Å². The molecule has 1 atom stereocenters. The van der Waals surface area contributed by atoms with Crippen molar-refractivity contribution in [2.75, 3.05) is 25.4 Å². The van der Waals surface area contributed by atoms with E-state index < -0.39 is 20.0 Å². The molecule has 1 saturated heterocycles. The highest BCUT2D eigenvalue weighted by Gasteiger charge is 2.35. The lowest BCUT2D eigenvalue weighted by Crippen LogP contribution is -2.42. The van der Waals surface area contributed by atoms with Crippen LogP contribution in [0.25, 0.3) is 0 Å². The fourth-order valence-electron chi connectivity index (χ4n) is 4.00. The first-order valence-corrected chi connectivity index (χ1v) is 12.8. The standard InChI is InChI=1S/C18H25N5O4S2/c1-2-28(24,25)21-10-6-7-15(13-21)18-20-19-17-14-22(11-12-23(17)18)29(26,27)16-8-4-3-5-9-16/h3-5,8-9,15H,2,6-7,10-14H2,1H3. The highest BCUT2D eigenvalue weighted by Crippen LogP contribution is 2.30. The van der Waals surface area contributed by atoms with Crippen LogP contribution >= 0.6 is 0 Å². The molecule has 9 nitrogen and oxygen atoms in total. The van der Waals surface area contributed by atoms with Gasteiger partial charge < -0.3 is 4.57 Å². The average Bonchev–Trinajstić information content (AvgIpc) is 3.18. The monoisotopic (exact) mass is 439 g/mol. The molecule has 1 fully saturated rings. The quantitative estimate of drug-likeness (QED) is 0.689. The number of hydrogen-bond donors (Lipinski definition) is 0. The van der Waals surface area contributed by atoms with E-state index in [0.717, 1.165) is 18.7 Å². The van der Waals surface area contributed by atoms with Crippen LogP contribution in [0.5, 0.6) is 0 Å².